The molecule has 0 fully saturated rings. The van der Waals surface area contributed by atoms with E-state index >= 15 is 0 Å². The Hall–Kier alpha value is -1.65. The Morgan fingerprint density at radius 3 is 2.45 bits per heavy atom. The standard InChI is InChI=1S/C18H14Br2O2/c1-2-11-22-18-10-8-16(20)12-14(18)5-9-17(21)13-3-6-15(19)7-4-13/h2-10,12H,1,11H2/b9-5+. The van der Waals surface area contributed by atoms with Crippen molar-refractivity contribution in [1.82, 2.24) is 0 Å². The maximum absolute atomic E-state index is 12.2. The molecule has 112 valence electrons. The molecule has 2 rings (SSSR count). The number of hydrogen-bond donors (Lipinski definition) is 0. The van der Waals surface area contributed by atoms with Gasteiger partial charge in [-0.15, -0.1) is 0 Å². The van der Waals surface area contributed by atoms with E-state index in [1.54, 1.807) is 30.4 Å². The summed E-state index contributed by atoms with van der Waals surface area (Å²) in [6.45, 7) is 4.05. The van der Waals surface area contributed by atoms with Crippen molar-refractivity contribution >= 4 is 43.7 Å². The topological polar surface area (TPSA) is 26.3 Å². The first-order chi connectivity index (χ1) is 10.6. The highest BCUT2D eigenvalue weighted by atomic mass is 79.9. The van der Waals surface area contributed by atoms with Gasteiger partial charge >= 0.3 is 0 Å². The molecule has 2 aromatic carbocycles. The van der Waals surface area contributed by atoms with E-state index in [1.165, 1.54) is 0 Å². The van der Waals surface area contributed by atoms with E-state index in [0.717, 1.165) is 14.5 Å². The maximum Gasteiger partial charge on any atom is 0.185 e. The fraction of sp³-hybridized carbons (Fsp3) is 0.0556. The molecule has 0 aliphatic carbocycles. The van der Waals surface area contributed by atoms with Crippen molar-refractivity contribution in [2.75, 3.05) is 6.61 Å². The van der Waals surface area contributed by atoms with Crippen molar-refractivity contribution in [2.45, 2.75) is 0 Å². The number of ether oxygens (including phenoxy) is 1. The van der Waals surface area contributed by atoms with Crippen molar-refractivity contribution in [3.63, 3.8) is 0 Å². The molecule has 4 heteroatoms. The molecule has 22 heavy (non-hydrogen) atoms. The van der Waals surface area contributed by atoms with Crippen LogP contribution < -0.4 is 4.74 Å². The number of carbonyl (C=O) groups is 1. The third-order valence-electron chi connectivity index (χ3n) is 2.87. The second kappa shape index (κ2) is 8.11. The van der Waals surface area contributed by atoms with Crippen LogP contribution in [-0.2, 0) is 0 Å². The molecule has 0 atom stereocenters. The normalized spacial score (nSPS) is 10.6. The monoisotopic (exact) mass is 420 g/mol. The molecule has 0 heterocycles. The van der Waals surface area contributed by atoms with Gasteiger partial charge in [-0.3, -0.25) is 4.79 Å². The minimum absolute atomic E-state index is 0.0536. The highest BCUT2D eigenvalue weighted by Gasteiger charge is 2.04. The molecule has 0 amide bonds. The number of carbonyl (C=O) groups excluding carboxylic acids is 1. The van der Waals surface area contributed by atoms with Gasteiger partial charge in [-0.2, -0.15) is 0 Å². The second-order valence-corrected chi connectivity index (χ2v) is 6.32. The van der Waals surface area contributed by atoms with Crippen LogP contribution in [0.1, 0.15) is 15.9 Å². The zero-order valence-electron chi connectivity index (χ0n) is 11.8. The Balaban J connectivity index is 2.21. The molecule has 0 spiro atoms. The molecule has 0 saturated heterocycles. The van der Waals surface area contributed by atoms with E-state index in [9.17, 15) is 4.79 Å². The number of ketones is 1. The first-order valence-electron chi connectivity index (χ1n) is 6.61. The van der Waals surface area contributed by atoms with Crippen LogP contribution in [0.3, 0.4) is 0 Å². The van der Waals surface area contributed by atoms with E-state index < -0.39 is 0 Å². The molecule has 0 unspecified atom stereocenters. The first kappa shape index (κ1) is 16.7. The largest absolute Gasteiger partial charge is 0.489 e. The molecule has 0 aromatic heterocycles. The Morgan fingerprint density at radius 2 is 1.77 bits per heavy atom. The Morgan fingerprint density at radius 1 is 1.09 bits per heavy atom. The third kappa shape index (κ3) is 4.68. The second-order valence-electron chi connectivity index (χ2n) is 4.49. The summed E-state index contributed by atoms with van der Waals surface area (Å²) in [5.41, 5.74) is 1.48. The highest BCUT2D eigenvalue weighted by molar-refractivity contribution is 9.10. The number of hydrogen-bond acceptors (Lipinski definition) is 2. The predicted molar refractivity (Wildman–Crippen MR) is 97.3 cm³/mol. The summed E-state index contributed by atoms with van der Waals surface area (Å²) in [5.74, 6) is 0.658. The van der Waals surface area contributed by atoms with Gasteiger partial charge in [0.25, 0.3) is 0 Å². The fourth-order valence-electron chi connectivity index (χ4n) is 1.81. The van der Waals surface area contributed by atoms with Crippen molar-refractivity contribution in [3.05, 3.63) is 81.3 Å². The summed E-state index contributed by atoms with van der Waals surface area (Å²) in [4.78, 5) is 12.2. The van der Waals surface area contributed by atoms with Gasteiger partial charge in [0.1, 0.15) is 12.4 Å². The summed E-state index contributed by atoms with van der Waals surface area (Å²) >= 11 is 6.78. The van der Waals surface area contributed by atoms with Gasteiger partial charge in [0.2, 0.25) is 0 Å². The molecular weight excluding hydrogens is 408 g/mol. The number of allylic oxidation sites excluding steroid dienone is 1. The van der Waals surface area contributed by atoms with Crippen LogP contribution >= 0.6 is 31.9 Å². The number of rotatable bonds is 6. The molecular formula is C18H14Br2O2. The number of benzene rings is 2. The smallest absolute Gasteiger partial charge is 0.185 e. The quantitative estimate of drug-likeness (QED) is 0.341. The van der Waals surface area contributed by atoms with Gasteiger partial charge in [0.15, 0.2) is 5.78 Å². The summed E-state index contributed by atoms with van der Waals surface area (Å²) in [6, 6.07) is 12.9. The summed E-state index contributed by atoms with van der Waals surface area (Å²) < 4.78 is 7.46. The Labute approximate surface area is 146 Å². The van der Waals surface area contributed by atoms with E-state index in [0.29, 0.717) is 17.9 Å². The van der Waals surface area contributed by atoms with Gasteiger partial charge in [0, 0.05) is 20.1 Å². The van der Waals surface area contributed by atoms with Crippen molar-refractivity contribution in [1.29, 1.82) is 0 Å². The van der Waals surface area contributed by atoms with Gasteiger partial charge in [-0.25, -0.2) is 0 Å². The average molecular weight is 422 g/mol. The lowest BCUT2D eigenvalue weighted by molar-refractivity contribution is 0.104. The van der Waals surface area contributed by atoms with Crippen LogP contribution in [0.15, 0.2) is 70.1 Å². The van der Waals surface area contributed by atoms with Gasteiger partial charge in [-0.05, 0) is 54.6 Å². The van der Waals surface area contributed by atoms with Crippen LogP contribution in [0.2, 0.25) is 0 Å². The molecule has 2 aromatic rings. The molecule has 0 aliphatic heterocycles. The van der Waals surface area contributed by atoms with Crippen LogP contribution in [0.5, 0.6) is 5.75 Å². The average Bonchev–Trinajstić information content (AvgIpc) is 2.52. The van der Waals surface area contributed by atoms with Crippen molar-refractivity contribution in [2.24, 2.45) is 0 Å². The molecule has 2 nitrogen and oxygen atoms in total. The fourth-order valence-corrected chi connectivity index (χ4v) is 2.45. The van der Waals surface area contributed by atoms with Crippen LogP contribution in [0, 0.1) is 0 Å². The molecule has 0 saturated carbocycles. The first-order valence-corrected chi connectivity index (χ1v) is 8.20. The maximum atomic E-state index is 12.2. The minimum atomic E-state index is -0.0536. The lowest BCUT2D eigenvalue weighted by Gasteiger charge is -2.07. The molecule has 0 aliphatic rings. The van der Waals surface area contributed by atoms with E-state index in [1.807, 2.05) is 30.3 Å². The molecule has 0 radical (unpaired) electrons. The SMILES string of the molecule is C=CCOc1ccc(Br)cc1/C=C/C(=O)c1ccc(Br)cc1. The lowest BCUT2D eigenvalue weighted by atomic mass is 10.1. The van der Waals surface area contributed by atoms with Gasteiger partial charge < -0.3 is 4.74 Å². The lowest BCUT2D eigenvalue weighted by Crippen LogP contribution is -1.96. The van der Waals surface area contributed by atoms with E-state index in [-0.39, 0.29) is 5.78 Å². The Bertz CT molecular complexity index is 704. The van der Waals surface area contributed by atoms with Crippen molar-refractivity contribution < 1.29 is 9.53 Å². The third-order valence-corrected chi connectivity index (χ3v) is 3.89. The summed E-state index contributed by atoms with van der Waals surface area (Å²) in [7, 11) is 0. The van der Waals surface area contributed by atoms with Gasteiger partial charge in [-0.1, -0.05) is 44.5 Å². The Kier molecular flexibility index (Phi) is 6.16. The van der Waals surface area contributed by atoms with Crippen LogP contribution in [0.25, 0.3) is 6.08 Å². The highest BCUT2D eigenvalue weighted by Crippen LogP contribution is 2.25. The van der Waals surface area contributed by atoms with Gasteiger partial charge in [0.05, 0.1) is 0 Å². The zero-order valence-corrected chi connectivity index (χ0v) is 14.9. The summed E-state index contributed by atoms with van der Waals surface area (Å²) in [5, 5.41) is 0. The summed E-state index contributed by atoms with van der Waals surface area (Å²) in [6.07, 6.45) is 4.99. The van der Waals surface area contributed by atoms with Crippen LogP contribution in [-0.4, -0.2) is 12.4 Å². The number of halogens is 2. The zero-order chi connectivity index (χ0) is 15.9. The predicted octanol–water partition coefficient (Wildman–Crippen LogP) is 5.67. The molecule has 0 N–H and O–H groups in total. The van der Waals surface area contributed by atoms with Crippen molar-refractivity contribution in [3.8, 4) is 5.75 Å². The van der Waals surface area contributed by atoms with Crippen LogP contribution in [0.4, 0.5) is 0 Å². The minimum Gasteiger partial charge on any atom is -0.489 e. The van der Waals surface area contributed by atoms with E-state index in [4.69, 9.17) is 4.74 Å². The van der Waals surface area contributed by atoms with E-state index in [2.05, 4.69) is 38.4 Å². The molecule has 0 bridgehead atoms.